The Balaban J connectivity index is 1.96. The van der Waals surface area contributed by atoms with Crippen molar-refractivity contribution in [3.05, 3.63) is 64.7 Å². The smallest absolute Gasteiger partial charge is 0.231 e. The van der Waals surface area contributed by atoms with Gasteiger partial charge >= 0.3 is 0 Å². The van der Waals surface area contributed by atoms with Gasteiger partial charge < -0.3 is 4.90 Å². The Morgan fingerprint density at radius 2 is 1.90 bits per heavy atom. The molecule has 0 aliphatic carbocycles. The molecule has 0 fully saturated rings. The minimum absolute atomic E-state index is 0.138. The van der Waals surface area contributed by atoms with Crippen molar-refractivity contribution in [2.24, 2.45) is 0 Å². The lowest BCUT2D eigenvalue weighted by Gasteiger charge is -2.14. The van der Waals surface area contributed by atoms with Crippen molar-refractivity contribution in [2.75, 3.05) is 11.9 Å². The fraction of sp³-hybridized carbons (Fsp3) is 0.235. The van der Waals surface area contributed by atoms with Crippen LogP contribution in [0, 0.1) is 6.92 Å². The molecule has 0 spiro atoms. The van der Waals surface area contributed by atoms with Crippen molar-refractivity contribution in [3.8, 4) is 0 Å². The van der Waals surface area contributed by atoms with Crippen molar-refractivity contribution in [2.45, 2.75) is 18.7 Å². The molecule has 0 N–H and O–H groups in total. The molecular weight excluding hydrogens is 270 g/mol. The molecule has 102 valence electrons. The lowest BCUT2D eigenvalue weighted by Crippen LogP contribution is -2.20. The summed E-state index contributed by atoms with van der Waals surface area (Å²) in [5.41, 5.74) is 5.38. The summed E-state index contributed by atoms with van der Waals surface area (Å²) in [5.74, 6) is 0.138. The van der Waals surface area contributed by atoms with Gasteiger partial charge in [0.25, 0.3) is 0 Å². The quantitative estimate of drug-likeness (QED) is 0.768. The zero-order valence-electron chi connectivity index (χ0n) is 11.6. The van der Waals surface area contributed by atoms with E-state index < -0.39 is 0 Å². The van der Waals surface area contributed by atoms with Crippen LogP contribution in [0.25, 0.3) is 0 Å². The summed E-state index contributed by atoms with van der Waals surface area (Å²) < 4.78 is 0. The largest absolute Gasteiger partial charge is 0.315 e. The maximum absolute atomic E-state index is 11.7. The molecule has 1 aliphatic heterocycles. The van der Waals surface area contributed by atoms with Crippen LogP contribution in [0.3, 0.4) is 0 Å². The third kappa shape index (κ3) is 2.20. The summed E-state index contributed by atoms with van der Waals surface area (Å²) in [7, 11) is 1.81. The summed E-state index contributed by atoms with van der Waals surface area (Å²) in [6, 6.07) is 14.3. The summed E-state index contributed by atoms with van der Waals surface area (Å²) in [6.45, 7) is 2.06. The van der Waals surface area contributed by atoms with Gasteiger partial charge in [0.2, 0.25) is 5.91 Å². The zero-order chi connectivity index (χ0) is 14.3. The fourth-order valence-electron chi connectivity index (χ4n) is 2.67. The molecule has 3 rings (SSSR count). The minimum atomic E-state index is -0.179. The molecule has 3 heteroatoms. The number of rotatable bonds is 2. The van der Waals surface area contributed by atoms with Crippen molar-refractivity contribution >= 4 is 23.2 Å². The van der Waals surface area contributed by atoms with Crippen molar-refractivity contribution in [1.29, 1.82) is 0 Å². The first-order valence-electron chi connectivity index (χ1n) is 6.66. The Bertz CT molecular complexity index is 680. The van der Waals surface area contributed by atoms with Gasteiger partial charge in [-0.05, 0) is 29.7 Å². The second-order valence-corrected chi connectivity index (χ2v) is 5.73. The normalized spacial score (nSPS) is 15.3. The maximum Gasteiger partial charge on any atom is 0.231 e. The zero-order valence-corrected chi connectivity index (χ0v) is 12.3. The lowest BCUT2D eigenvalue weighted by molar-refractivity contribution is -0.117. The van der Waals surface area contributed by atoms with Crippen LogP contribution in [0.2, 0.25) is 0 Å². The van der Waals surface area contributed by atoms with Gasteiger partial charge in [-0.1, -0.05) is 42.0 Å². The number of nitrogens with zero attached hydrogens (tertiary/aromatic N) is 1. The average molecular weight is 286 g/mol. The highest BCUT2D eigenvalue weighted by atomic mass is 35.5. The van der Waals surface area contributed by atoms with Gasteiger partial charge in [0.05, 0.1) is 11.8 Å². The van der Waals surface area contributed by atoms with Gasteiger partial charge in [-0.25, -0.2) is 0 Å². The first kappa shape index (κ1) is 13.2. The summed E-state index contributed by atoms with van der Waals surface area (Å²) in [6.07, 6.45) is 0.469. The van der Waals surface area contributed by atoms with Gasteiger partial charge in [-0.15, -0.1) is 11.6 Å². The Morgan fingerprint density at radius 3 is 2.65 bits per heavy atom. The van der Waals surface area contributed by atoms with Crippen molar-refractivity contribution in [3.63, 3.8) is 0 Å². The molecule has 0 bridgehead atoms. The van der Waals surface area contributed by atoms with Gasteiger partial charge in [-0.2, -0.15) is 0 Å². The van der Waals surface area contributed by atoms with Crippen molar-refractivity contribution in [1.82, 2.24) is 0 Å². The molecule has 1 amide bonds. The van der Waals surface area contributed by atoms with Gasteiger partial charge in [0.15, 0.2) is 0 Å². The number of aryl methyl sites for hydroxylation is 1. The lowest BCUT2D eigenvalue weighted by atomic mass is 10.00. The number of hydrogen-bond donors (Lipinski definition) is 0. The number of carbonyl (C=O) groups excluding carboxylic acids is 1. The van der Waals surface area contributed by atoms with E-state index in [1.807, 2.05) is 31.3 Å². The topological polar surface area (TPSA) is 20.3 Å². The van der Waals surface area contributed by atoms with Gasteiger partial charge in [-0.3, -0.25) is 4.79 Å². The van der Waals surface area contributed by atoms with E-state index in [4.69, 9.17) is 11.6 Å². The van der Waals surface area contributed by atoms with Crippen LogP contribution in [0.1, 0.15) is 27.6 Å². The van der Waals surface area contributed by atoms with E-state index in [9.17, 15) is 4.79 Å². The van der Waals surface area contributed by atoms with E-state index in [-0.39, 0.29) is 11.3 Å². The van der Waals surface area contributed by atoms with Crippen LogP contribution < -0.4 is 4.90 Å². The number of amides is 1. The molecule has 0 saturated carbocycles. The van der Waals surface area contributed by atoms with Crippen LogP contribution in [0.4, 0.5) is 5.69 Å². The van der Waals surface area contributed by atoms with Crippen LogP contribution in [-0.4, -0.2) is 13.0 Å². The third-order valence-electron chi connectivity index (χ3n) is 3.81. The Morgan fingerprint density at radius 1 is 1.15 bits per heavy atom. The van der Waals surface area contributed by atoms with E-state index in [1.54, 1.807) is 4.90 Å². The molecule has 20 heavy (non-hydrogen) atoms. The van der Waals surface area contributed by atoms with Crippen LogP contribution in [0.15, 0.2) is 42.5 Å². The number of alkyl halides is 1. The molecule has 0 aromatic heterocycles. The molecule has 2 nitrogen and oxygen atoms in total. The van der Waals surface area contributed by atoms with Crippen LogP contribution >= 0.6 is 11.6 Å². The Hall–Kier alpha value is -1.80. The summed E-state index contributed by atoms with van der Waals surface area (Å²) >= 11 is 6.58. The minimum Gasteiger partial charge on any atom is -0.315 e. The number of halogens is 1. The third-order valence-corrected chi connectivity index (χ3v) is 4.31. The van der Waals surface area contributed by atoms with E-state index in [0.717, 1.165) is 22.4 Å². The second-order valence-electron chi connectivity index (χ2n) is 5.29. The van der Waals surface area contributed by atoms with E-state index in [2.05, 4.69) is 25.1 Å². The van der Waals surface area contributed by atoms with E-state index in [1.165, 1.54) is 5.56 Å². The number of benzene rings is 2. The molecule has 2 aromatic rings. The SMILES string of the molecule is Cc1cccc(C(Cl)c2ccc3c(c2)CC(=O)N3C)c1. The highest BCUT2D eigenvalue weighted by Crippen LogP contribution is 2.34. The van der Waals surface area contributed by atoms with Crippen LogP contribution in [-0.2, 0) is 11.2 Å². The molecule has 2 aromatic carbocycles. The Labute approximate surface area is 124 Å². The van der Waals surface area contributed by atoms with E-state index >= 15 is 0 Å². The van der Waals surface area contributed by atoms with Gasteiger partial charge in [0, 0.05) is 12.7 Å². The average Bonchev–Trinajstić information content (AvgIpc) is 2.73. The summed E-state index contributed by atoms with van der Waals surface area (Å²) in [5, 5.41) is -0.179. The standard InChI is InChI=1S/C17H16ClNO/c1-11-4-3-5-12(8-11)17(18)13-6-7-15-14(9-13)10-16(20)19(15)2/h3-9,17H,10H2,1-2H3. The summed E-state index contributed by atoms with van der Waals surface area (Å²) in [4.78, 5) is 13.4. The molecule has 0 radical (unpaired) electrons. The molecule has 1 aliphatic rings. The number of hydrogen-bond acceptors (Lipinski definition) is 1. The highest BCUT2D eigenvalue weighted by Gasteiger charge is 2.25. The fourth-order valence-corrected chi connectivity index (χ4v) is 2.94. The van der Waals surface area contributed by atoms with E-state index in [0.29, 0.717) is 6.42 Å². The van der Waals surface area contributed by atoms with Crippen molar-refractivity contribution < 1.29 is 4.79 Å². The molecule has 0 saturated heterocycles. The molecule has 1 unspecified atom stereocenters. The first-order valence-corrected chi connectivity index (χ1v) is 7.10. The number of anilines is 1. The number of likely N-dealkylation sites (N-methyl/N-ethyl adjacent to an activating group) is 1. The molecule has 1 heterocycles. The number of fused-ring (bicyclic) bond motifs is 1. The number of carbonyl (C=O) groups is 1. The highest BCUT2D eigenvalue weighted by molar-refractivity contribution is 6.22. The van der Waals surface area contributed by atoms with Gasteiger partial charge in [0.1, 0.15) is 0 Å². The molecular formula is C17H16ClNO. The maximum atomic E-state index is 11.7. The Kier molecular flexibility index (Phi) is 3.27. The molecule has 1 atom stereocenters. The predicted octanol–water partition coefficient (Wildman–Crippen LogP) is 3.84. The monoisotopic (exact) mass is 285 g/mol. The predicted molar refractivity (Wildman–Crippen MR) is 82.4 cm³/mol. The first-order chi connectivity index (χ1) is 9.56. The van der Waals surface area contributed by atoms with Crippen LogP contribution in [0.5, 0.6) is 0 Å². The second kappa shape index (κ2) is 4.95.